The summed E-state index contributed by atoms with van der Waals surface area (Å²) in [5.41, 5.74) is 0. The lowest BCUT2D eigenvalue weighted by Crippen LogP contribution is -2.07. The quantitative estimate of drug-likeness (QED) is 0.135. The van der Waals surface area contributed by atoms with Crippen LogP contribution >= 0.6 is 8.25 Å². The minimum Gasteiger partial charge on any atom is -0.402 e. The van der Waals surface area contributed by atoms with E-state index in [1.54, 1.807) is 0 Å². The summed E-state index contributed by atoms with van der Waals surface area (Å²) in [7, 11) is -13.7. The lowest BCUT2D eigenvalue weighted by molar-refractivity contribution is 0.276. The summed E-state index contributed by atoms with van der Waals surface area (Å²) in [6, 6.07) is 0. The average molecular weight is 390 g/mol. The van der Waals surface area contributed by atoms with Gasteiger partial charge in [0.25, 0.3) is 0 Å². The first-order valence-corrected chi connectivity index (χ1v) is 5.62. The van der Waals surface area contributed by atoms with Crippen LogP contribution in [-0.4, -0.2) is 122 Å². The van der Waals surface area contributed by atoms with E-state index in [1.165, 1.54) is 0 Å². The van der Waals surface area contributed by atoms with Crippen LogP contribution in [0.25, 0.3) is 0 Å². The Labute approximate surface area is 135 Å². The molecule has 18 nitrogen and oxygen atoms in total. The highest BCUT2D eigenvalue weighted by Gasteiger charge is 1.94. The van der Waals surface area contributed by atoms with Crippen LogP contribution in [0.1, 0.15) is 0 Å². The van der Waals surface area contributed by atoms with Crippen molar-refractivity contribution in [2.75, 3.05) is 0 Å². The Hall–Kier alpha value is -0.255. The molecule has 24 heteroatoms. The van der Waals surface area contributed by atoms with Crippen molar-refractivity contribution in [3.8, 4) is 0 Å². The van der Waals surface area contributed by atoms with Crippen LogP contribution in [0.4, 0.5) is 0 Å². The monoisotopic (exact) mass is 391 g/mol. The first-order chi connectivity index (χ1) is 10.4. The van der Waals surface area contributed by atoms with Crippen LogP contribution in [-0.2, 0) is 4.57 Å². The molecule has 0 rings (SSSR count). The number of hydrogen-bond donors (Lipinski definition) is 17. The van der Waals surface area contributed by atoms with Gasteiger partial charge in [-0.25, -0.2) is 0 Å². The molecule has 0 aliphatic heterocycles. The van der Waals surface area contributed by atoms with E-state index in [9.17, 15) is 0 Å². The molecule has 0 aliphatic carbocycles. The molecule has 0 radical (unpaired) electrons. The van der Waals surface area contributed by atoms with E-state index in [0.717, 1.165) is 0 Å². The SMILES string of the molecule is O=[P+](O)O.OB(O)O.OB(O)O.OB(O)O.OB(O)O.OB(O)O. The van der Waals surface area contributed by atoms with Crippen LogP contribution in [0.15, 0.2) is 0 Å². The minimum atomic E-state index is -2.87. The third-order valence-corrected chi connectivity index (χ3v) is 0. The molecule has 0 aliphatic rings. The third-order valence-electron chi connectivity index (χ3n) is 0. The van der Waals surface area contributed by atoms with Crippen molar-refractivity contribution in [1.29, 1.82) is 0 Å². The summed E-state index contributed by atoms with van der Waals surface area (Å²) in [4.78, 5) is 14.2. The maximum absolute atomic E-state index is 8.70. The van der Waals surface area contributed by atoms with Crippen LogP contribution in [0.5, 0.6) is 0 Å². The van der Waals surface area contributed by atoms with Crippen molar-refractivity contribution in [3.63, 3.8) is 0 Å². The molecular formula is H17B5O18P+. The zero-order valence-corrected chi connectivity index (χ0v) is 12.2. The Bertz CT molecular complexity index is 141. The smallest absolute Gasteiger partial charge is 0.402 e. The standard InChI is InChI=1S/5BH3O3.HO3P/c5*2-1(3)4;1-4(2)3/h5*2-4H;(H-,1,2,3)/p+1. The van der Waals surface area contributed by atoms with Crippen molar-refractivity contribution in [2.24, 2.45) is 0 Å². The van der Waals surface area contributed by atoms with E-state index in [2.05, 4.69) is 0 Å². The molecule has 0 saturated heterocycles. The third kappa shape index (κ3) is 144000. The predicted molar refractivity (Wildman–Crippen MR) is 74.1 cm³/mol. The molecule has 0 saturated carbocycles. The van der Waals surface area contributed by atoms with Crippen molar-refractivity contribution in [3.05, 3.63) is 0 Å². The molecule has 17 N–H and O–H groups in total. The van der Waals surface area contributed by atoms with E-state index in [1.807, 2.05) is 0 Å². The first-order valence-electron chi connectivity index (χ1n) is 4.46. The van der Waals surface area contributed by atoms with Gasteiger partial charge in [-0.2, -0.15) is 0 Å². The zero-order valence-electron chi connectivity index (χ0n) is 11.3. The molecule has 0 aromatic heterocycles. The number of rotatable bonds is 0. The van der Waals surface area contributed by atoms with Gasteiger partial charge in [-0.1, -0.05) is 0 Å². The van der Waals surface area contributed by atoms with Gasteiger partial charge in [0, 0.05) is 4.57 Å². The topological polar surface area (TPSA) is 361 Å². The van der Waals surface area contributed by atoms with Crippen molar-refractivity contribution < 1.29 is 89.7 Å². The van der Waals surface area contributed by atoms with Crippen molar-refractivity contribution in [1.82, 2.24) is 0 Å². The maximum Gasteiger partial charge on any atom is 0.692 e. The maximum atomic E-state index is 8.70. The summed E-state index contributed by atoms with van der Waals surface area (Å²) in [5, 5.41) is 108. The predicted octanol–water partition coefficient (Wildman–Crippen LogP) is -10.6. The molecule has 0 amide bonds. The van der Waals surface area contributed by atoms with E-state index < -0.39 is 44.9 Å². The Balaban J connectivity index is -0.0000000405. The zero-order chi connectivity index (χ0) is 21.5. The fraction of sp³-hybridized carbons (Fsp3) is 0. The molecule has 144 valence electrons. The fourth-order valence-corrected chi connectivity index (χ4v) is 0. The van der Waals surface area contributed by atoms with Gasteiger partial charge in [0.05, 0.1) is 0 Å². The summed E-state index contributed by atoms with van der Waals surface area (Å²) in [6.07, 6.45) is 0. The molecule has 0 bridgehead atoms. The molecule has 0 unspecified atom stereocenters. The van der Waals surface area contributed by atoms with Gasteiger partial charge < -0.3 is 75.4 Å². The second-order valence-electron chi connectivity index (χ2n) is 1.98. The van der Waals surface area contributed by atoms with Crippen LogP contribution in [0.3, 0.4) is 0 Å². The second kappa shape index (κ2) is 34.2. The molecular weight excluding hydrogens is 373 g/mol. The highest BCUT2D eigenvalue weighted by atomic mass is 31.1. The highest BCUT2D eigenvalue weighted by molar-refractivity contribution is 7.30. The van der Waals surface area contributed by atoms with Gasteiger partial charge in [0.1, 0.15) is 0 Å². The van der Waals surface area contributed by atoms with Gasteiger partial charge in [-0.15, -0.1) is 9.79 Å². The Kier molecular flexibility index (Phi) is 55.5. The minimum absolute atomic E-state index is 2.17. The molecule has 0 heterocycles. The summed E-state index contributed by atoms with van der Waals surface area (Å²) < 4.78 is 8.70. The molecule has 0 atom stereocenters. The van der Waals surface area contributed by atoms with E-state index in [0.29, 0.717) is 0 Å². The average Bonchev–Trinajstić information content (AvgIpc) is 2.08. The Morgan fingerprint density at radius 2 is 0.375 bits per heavy atom. The fourth-order valence-electron chi connectivity index (χ4n) is 0. The molecule has 24 heavy (non-hydrogen) atoms. The second-order valence-corrected chi connectivity index (χ2v) is 2.49. The lowest BCUT2D eigenvalue weighted by atomic mass is 10.3. The van der Waals surface area contributed by atoms with E-state index in [4.69, 9.17) is 89.7 Å². The van der Waals surface area contributed by atoms with Gasteiger partial charge in [-0.05, 0) is 0 Å². The van der Waals surface area contributed by atoms with Crippen LogP contribution in [0, 0.1) is 0 Å². The van der Waals surface area contributed by atoms with E-state index in [-0.39, 0.29) is 0 Å². The van der Waals surface area contributed by atoms with Gasteiger partial charge in [0.2, 0.25) is 0 Å². The normalized spacial score (nSPS) is 6.71. The molecule has 0 aromatic carbocycles. The molecule has 0 spiro atoms. The number of hydrogen-bond acceptors (Lipinski definition) is 16. The summed E-state index contributed by atoms with van der Waals surface area (Å²) in [6.45, 7) is 0. The van der Waals surface area contributed by atoms with Crippen LogP contribution < -0.4 is 0 Å². The summed E-state index contributed by atoms with van der Waals surface area (Å²) >= 11 is 0. The van der Waals surface area contributed by atoms with Crippen molar-refractivity contribution >= 4 is 44.9 Å². The summed E-state index contributed by atoms with van der Waals surface area (Å²) in [5.74, 6) is 0. The largest absolute Gasteiger partial charge is 0.692 e. The Morgan fingerprint density at radius 3 is 0.375 bits per heavy atom. The Morgan fingerprint density at radius 1 is 0.375 bits per heavy atom. The lowest BCUT2D eigenvalue weighted by Gasteiger charge is -1.69. The van der Waals surface area contributed by atoms with E-state index >= 15 is 0 Å². The highest BCUT2D eigenvalue weighted by Crippen LogP contribution is 1.98. The van der Waals surface area contributed by atoms with Crippen molar-refractivity contribution in [2.45, 2.75) is 0 Å². The van der Waals surface area contributed by atoms with Gasteiger partial charge in [-0.3, -0.25) is 0 Å². The first kappa shape index (κ1) is 39.0. The van der Waals surface area contributed by atoms with Gasteiger partial charge in [0.15, 0.2) is 0 Å². The molecule has 0 aromatic rings. The molecule has 0 fully saturated rings. The van der Waals surface area contributed by atoms with Crippen LogP contribution in [0.2, 0.25) is 0 Å². The van der Waals surface area contributed by atoms with Gasteiger partial charge >= 0.3 is 44.9 Å².